The minimum atomic E-state index is 0.644. The van der Waals surface area contributed by atoms with Crippen molar-refractivity contribution in [2.45, 2.75) is 26.2 Å². The lowest BCUT2D eigenvalue weighted by Crippen LogP contribution is -2.43. The van der Waals surface area contributed by atoms with Crippen LogP contribution in [0.15, 0.2) is 4.99 Å². The third kappa shape index (κ3) is 6.57. The predicted octanol–water partition coefficient (Wildman–Crippen LogP) is 1.26. The average Bonchev–Trinajstić information content (AvgIpc) is 2.94. The van der Waals surface area contributed by atoms with Gasteiger partial charge in [-0.1, -0.05) is 13.3 Å². The SMILES string of the molecule is CCCCN(C)CCNC(=NC)N(C)CC1CCOC1. The molecule has 0 amide bonds. The second kappa shape index (κ2) is 10.00. The Bertz CT molecular complexity index is 277. The number of unbranched alkanes of at least 4 members (excludes halogenated alkanes) is 1. The van der Waals surface area contributed by atoms with Crippen LogP contribution in [0.1, 0.15) is 26.2 Å². The fourth-order valence-electron chi connectivity index (χ4n) is 2.48. The van der Waals surface area contributed by atoms with Gasteiger partial charge in [0.1, 0.15) is 0 Å². The number of nitrogens with one attached hydrogen (secondary N) is 1. The fraction of sp³-hybridized carbons (Fsp3) is 0.933. The van der Waals surface area contributed by atoms with Crippen molar-refractivity contribution in [3.63, 3.8) is 0 Å². The van der Waals surface area contributed by atoms with Crippen LogP contribution in [0.4, 0.5) is 0 Å². The Morgan fingerprint density at radius 2 is 2.15 bits per heavy atom. The van der Waals surface area contributed by atoms with Gasteiger partial charge in [-0.2, -0.15) is 0 Å². The Kier molecular flexibility index (Phi) is 8.62. The Morgan fingerprint density at radius 1 is 1.35 bits per heavy atom. The topological polar surface area (TPSA) is 40.1 Å². The summed E-state index contributed by atoms with van der Waals surface area (Å²) in [6.07, 6.45) is 3.69. The summed E-state index contributed by atoms with van der Waals surface area (Å²) >= 11 is 0. The van der Waals surface area contributed by atoms with Gasteiger partial charge < -0.3 is 19.9 Å². The molecule has 1 aliphatic heterocycles. The van der Waals surface area contributed by atoms with Crippen LogP contribution in [0.5, 0.6) is 0 Å². The summed E-state index contributed by atoms with van der Waals surface area (Å²) in [6, 6.07) is 0. The number of hydrogen-bond acceptors (Lipinski definition) is 3. The Labute approximate surface area is 124 Å². The molecule has 0 aromatic rings. The maximum atomic E-state index is 5.43. The van der Waals surface area contributed by atoms with Crippen molar-refractivity contribution in [3.8, 4) is 0 Å². The van der Waals surface area contributed by atoms with Crippen molar-refractivity contribution < 1.29 is 4.74 Å². The molecular formula is C15H32N4O. The molecule has 20 heavy (non-hydrogen) atoms. The van der Waals surface area contributed by atoms with Gasteiger partial charge in [0.25, 0.3) is 0 Å². The summed E-state index contributed by atoms with van der Waals surface area (Å²) < 4.78 is 5.43. The molecule has 0 aromatic carbocycles. The Morgan fingerprint density at radius 3 is 2.75 bits per heavy atom. The van der Waals surface area contributed by atoms with Gasteiger partial charge in [-0.25, -0.2) is 0 Å². The summed E-state index contributed by atoms with van der Waals surface area (Å²) in [5.41, 5.74) is 0. The first-order valence-corrected chi connectivity index (χ1v) is 7.85. The zero-order valence-electron chi connectivity index (χ0n) is 13.7. The van der Waals surface area contributed by atoms with Crippen LogP contribution < -0.4 is 5.32 Å². The zero-order valence-corrected chi connectivity index (χ0v) is 13.7. The van der Waals surface area contributed by atoms with Gasteiger partial charge in [0, 0.05) is 46.3 Å². The van der Waals surface area contributed by atoms with E-state index in [4.69, 9.17) is 4.74 Å². The monoisotopic (exact) mass is 284 g/mol. The molecular weight excluding hydrogens is 252 g/mol. The lowest BCUT2D eigenvalue weighted by atomic mass is 10.1. The van der Waals surface area contributed by atoms with Crippen LogP contribution in [-0.4, -0.2) is 76.3 Å². The van der Waals surface area contributed by atoms with Crippen LogP contribution >= 0.6 is 0 Å². The first-order valence-electron chi connectivity index (χ1n) is 7.85. The molecule has 5 nitrogen and oxygen atoms in total. The standard InChI is InChI=1S/C15H32N4O/c1-5-6-9-18(3)10-8-17-15(16-2)19(4)12-14-7-11-20-13-14/h14H,5-13H2,1-4H3,(H,16,17). The van der Waals surface area contributed by atoms with E-state index < -0.39 is 0 Å². The lowest BCUT2D eigenvalue weighted by molar-refractivity contribution is 0.181. The van der Waals surface area contributed by atoms with Crippen molar-refractivity contribution >= 4 is 5.96 Å². The number of guanidine groups is 1. The van der Waals surface area contributed by atoms with Crippen LogP contribution in [0, 0.1) is 5.92 Å². The van der Waals surface area contributed by atoms with Crippen molar-refractivity contribution in [2.24, 2.45) is 10.9 Å². The van der Waals surface area contributed by atoms with Gasteiger partial charge in [0.15, 0.2) is 5.96 Å². The van der Waals surface area contributed by atoms with Gasteiger partial charge in [0.05, 0.1) is 6.61 Å². The zero-order chi connectivity index (χ0) is 14.8. The summed E-state index contributed by atoms with van der Waals surface area (Å²) in [4.78, 5) is 8.94. The van der Waals surface area contributed by atoms with E-state index in [2.05, 4.69) is 41.1 Å². The molecule has 5 heteroatoms. The number of likely N-dealkylation sites (N-methyl/N-ethyl adjacent to an activating group) is 1. The number of nitrogens with zero attached hydrogens (tertiary/aromatic N) is 3. The van der Waals surface area contributed by atoms with Crippen molar-refractivity contribution in [3.05, 3.63) is 0 Å². The number of rotatable bonds is 8. The molecule has 118 valence electrons. The van der Waals surface area contributed by atoms with Gasteiger partial charge in [-0.05, 0) is 26.4 Å². The number of ether oxygens (including phenoxy) is 1. The third-order valence-corrected chi connectivity index (χ3v) is 3.80. The van der Waals surface area contributed by atoms with E-state index >= 15 is 0 Å². The van der Waals surface area contributed by atoms with E-state index in [0.29, 0.717) is 5.92 Å². The average molecular weight is 284 g/mol. The third-order valence-electron chi connectivity index (χ3n) is 3.80. The van der Waals surface area contributed by atoms with E-state index in [1.165, 1.54) is 25.8 Å². The van der Waals surface area contributed by atoms with E-state index in [1.54, 1.807) is 0 Å². The van der Waals surface area contributed by atoms with E-state index in [0.717, 1.165) is 38.8 Å². The highest BCUT2D eigenvalue weighted by Crippen LogP contribution is 2.13. The molecule has 0 aromatic heterocycles. The lowest BCUT2D eigenvalue weighted by Gasteiger charge is -2.25. The summed E-state index contributed by atoms with van der Waals surface area (Å²) in [6.45, 7) is 8.22. The highest BCUT2D eigenvalue weighted by atomic mass is 16.5. The molecule has 0 spiro atoms. The molecule has 0 bridgehead atoms. The Balaban J connectivity index is 2.21. The predicted molar refractivity (Wildman–Crippen MR) is 85.3 cm³/mol. The maximum Gasteiger partial charge on any atom is 0.193 e. The van der Waals surface area contributed by atoms with Crippen LogP contribution in [0.2, 0.25) is 0 Å². The molecule has 1 fully saturated rings. The van der Waals surface area contributed by atoms with Crippen LogP contribution in [0.25, 0.3) is 0 Å². The highest BCUT2D eigenvalue weighted by Gasteiger charge is 2.18. The minimum absolute atomic E-state index is 0.644. The number of aliphatic imine (C=N–C) groups is 1. The minimum Gasteiger partial charge on any atom is -0.381 e. The van der Waals surface area contributed by atoms with E-state index in [1.807, 2.05) is 7.05 Å². The molecule has 1 unspecified atom stereocenters. The first kappa shape index (κ1) is 17.2. The molecule has 1 aliphatic rings. The molecule has 0 saturated carbocycles. The molecule has 1 atom stereocenters. The maximum absolute atomic E-state index is 5.43. The summed E-state index contributed by atoms with van der Waals surface area (Å²) in [5.74, 6) is 1.63. The molecule has 1 N–H and O–H groups in total. The second-order valence-electron chi connectivity index (χ2n) is 5.74. The first-order chi connectivity index (χ1) is 9.67. The van der Waals surface area contributed by atoms with Crippen molar-refractivity contribution in [1.29, 1.82) is 0 Å². The van der Waals surface area contributed by atoms with Gasteiger partial charge in [0.2, 0.25) is 0 Å². The molecule has 1 saturated heterocycles. The van der Waals surface area contributed by atoms with Crippen LogP contribution in [0.3, 0.4) is 0 Å². The summed E-state index contributed by atoms with van der Waals surface area (Å²) in [7, 11) is 6.14. The second-order valence-corrected chi connectivity index (χ2v) is 5.74. The summed E-state index contributed by atoms with van der Waals surface area (Å²) in [5, 5.41) is 3.44. The number of hydrogen-bond donors (Lipinski definition) is 1. The largest absolute Gasteiger partial charge is 0.381 e. The van der Waals surface area contributed by atoms with Crippen molar-refractivity contribution in [2.75, 3.05) is 60.5 Å². The molecule has 0 radical (unpaired) electrons. The highest BCUT2D eigenvalue weighted by molar-refractivity contribution is 5.79. The quantitative estimate of drug-likeness (QED) is 0.538. The molecule has 1 rings (SSSR count). The van der Waals surface area contributed by atoms with E-state index in [-0.39, 0.29) is 0 Å². The Hall–Kier alpha value is -0.810. The van der Waals surface area contributed by atoms with Gasteiger partial charge in [-0.3, -0.25) is 4.99 Å². The van der Waals surface area contributed by atoms with Crippen molar-refractivity contribution in [1.82, 2.24) is 15.1 Å². The van der Waals surface area contributed by atoms with Gasteiger partial charge >= 0.3 is 0 Å². The van der Waals surface area contributed by atoms with Gasteiger partial charge in [-0.15, -0.1) is 0 Å². The van der Waals surface area contributed by atoms with E-state index in [9.17, 15) is 0 Å². The molecule has 1 heterocycles. The fourth-order valence-corrected chi connectivity index (χ4v) is 2.48. The normalized spacial score (nSPS) is 19.6. The smallest absolute Gasteiger partial charge is 0.193 e. The molecule has 0 aliphatic carbocycles. The van der Waals surface area contributed by atoms with Crippen LogP contribution in [-0.2, 0) is 4.74 Å².